The summed E-state index contributed by atoms with van der Waals surface area (Å²) < 4.78 is 0. The molecule has 0 fully saturated rings. The number of carbonyl (C=O) groups excluding carboxylic acids is 2. The van der Waals surface area contributed by atoms with Crippen molar-refractivity contribution in [3.05, 3.63) is 71.3 Å². The molecule has 2 aromatic rings. The average Bonchev–Trinajstić information content (AvgIpc) is 2.65. The molecule has 0 saturated heterocycles. The Kier molecular flexibility index (Phi) is 7.59. The van der Waals surface area contributed by atoms with Crippen molar-refractivity contribution in [1.82, 2.24) is 10.6 Å². The van der Waals surface area contributed by atoms with Crippen molar-refractivity contribution in [2.45, 2.75) is 52.6 Å². The maximum Gasteiger partial charge on any atom is 0.252 e. The largest absolute Gasteiger partial charge is 0.352 e. The molecule has 4 nitrogen and oxygen atoms in total. The van der Waals surface area contributed by atoms with Crippen LogP contribution in [0.15, 0.2) is 54.6 Å². The van der Waals surface area contributed by atoms with E-state index in [1.165, 1.54) is 5.56 Å². The number of aryl methyl sites for hydroxylation is 2. The van der Waals surface area contributed by atoms with Crippen molar-refractivity contribution in [3.8, 4) is 0 Å². The van der Waals surface area contributed by atoms with Crippen molar-refractivity contribution in [3.63, 3.8) is 0 Å². The molecule has 144 valence electrons. The molecule has 2 amide bonds. The summed E-state index contributed by atoms with van der Waals surface area (Å²) in [4.78, 5) is 25.3. The van der Waals surface area contributed by atoms with E-state index < -0.39 is 6.04 Å². The van der Waals surface area contributed by atoms with Gasteiger partial charge in [0.15, 0.2) is 0 Å². The third-order valence-electron chi connectivity index (χ3n) is 4.72. The van der Waals surface area contributed by atoms with Gasteiger partial charge < -0.3 is 10.6 Å². The first-order valence-corrected chi connectivity index (χ1v) is 9.59. The molecule has 0 aliphatic rings. The van der Waals surface area contributed by atoms with Crippen LogP contribution in [0.4, 0.5) is 0 Å². The summed E-state index contributed by atoms with van der Waals surface area (Å²) in [5.74, 6) is -0.342. The van der Waals surface area contributed by atoms with Gasteiger partial charge in [-0.2, -0.15) is 0 Å². The van der Waals surface area contributed by atoms with Crippen LogP contribution in [-0.2, 0) is 11.2 Å². The minimum absolute atomic E-state index is 0.000656. The zero-order valence-corrected chi connectivity index (χ0v) is 16.7. The molecule has 27 heavy (non-hydrogen) atoms. The van der Waals surface area contributed by atoms with E-state index in [9.17, 15) is 9.59 Å². The Bertz CT molecular complexity index is 756. The van der Waals surface area contributed by atoms with Gasteiger partial charge in [-0.25, -0.2) is 0 Å². The summed E-state index contributed by atoms with van der Waals surface area (Å²) in [6.07, 6.45) is 1.76. The van der Waals surface area contributed by atoms with Gasteiger partial charge in [0.2, 0.25) is 5.91 Å². The number of hydrogen-bond acceptors (Lipinski definition) is 2. The molecule has 0 saturated carbocycles. The SMILES string of the molecule is Cc1ccccc1C(=O)N[C@H](C(=O)NC(C)CCc1ccccc1)C(C)C. The van der Waals surface area contributed by atoms with Crippen molar-refractivity contribution in [1.29, 1.82) is 0 Å². The van der Waals surface area contributed by atoms with Gasteiger partial charge in [0.1, 0.15) is 6.04 Å². The molecule has 2 N–H and O–H groups in total. The molecular weight excluding hydrogens is 336 g/mol. The molecule has 0 aliphatic heterocycles. The highest BCUT2D eigenvalue weighted by Crippen LogP contribution is 2.10. The third kappa shape index (κ3) is 6.24. The van der Waals surface area contributed by atoms with E-state index in [0.29, 0.717) is 5.56 Å². The smallest absolute Gasteiger partial charge is 0.252 e. The van der Waals surface area contributed by atoms with Crippen LogP contribution >= 0.6 is 0 Å². The summed E-state index contributed by atoms with van der Waals surface area (Å²) in [6, 6.07) is 17.1. The summed E-state index contributed by atoms with van der Waals surface area (Å²) in [5, 5.41) is 5.95. The molecule has 0 heterocycles. The van der Waals surface area contributed by atoms with E-state index in [-0.39, 0.29) is 23.8 Å². The second kappa shape index (κ2) is 9.91. The first-order chi connectivity index (χ1) is 12.9. The lowest BCUT2D eigenvalue weighted by Crippen LogP contribution is -2.51. The Morgan fingerprint density at radius 3 is 2.15 bits per heavy atom. The van der Waals surface area contributed by atoms with Crippen molar-refractivity contribution < 1.29 is 9.59 Å². The molecule has 0 radical (unpaired) electrons. The maximum atomic E-state index is 12.7. The highest BCUT2D eigenvalue weighted by atomic mass is 16.2. The molecule has 2 aromatic carbocycles. The molecule has 2 atom stereocenters. The predicted octanol–water partition coefficient (Wildman–Crippen LogP) is 3.89. The van der Waals surface area contributed by atoms with Crippen molar-refractivity contribution in [2.24, 2.45) is 5.92 Å². The molecule has 4 heteroatoms. The standard InChI is InChI=1S/C23H30N2O2/c1-16(2)21(25-22(26)20-13-9-8-10-17(20)3)23(27)24-18(4)14-15-19-11-6-5-7-12-19/h5-13,16,18,21H,14-15H2,1-4H3,(H,24,27)(H,25,26)/t18?,21-/m0/s1. The van der Waals surface area contributed by atoms with Crippen LogP contribution < -0.4 is 10.6 Å². The molecule has 0 bridgehead atoms. The van der Waals surface area contributed by atoms with E-state index in [1.807, 2.05) is 64.1 Å². The lowest BCUT2D eigenvalue weighted by atomic mass is 10.0. The van der Waals surface area contributed by atoms with Crippen molar-refractivity contribution >= 4 is 11.8 Å². The Hall–Kier alpha value is -2.62. The third-order valence-corrected chi connectivity index (χ3v) is 4.72. The van der Waals surface area contributed by atoms with Gasteiger partial charge in [-0.05, 0) is 49.8 Å². The summed E-state index contributed by atoms with van der Waals surface area (Å²) in [5.41, 5.74) is 2.76. The van der Waals surface area contributed by atoms with Crippen LogP contribution in [0.25, 0.3) is 0 Å². The Morgan fingerprint density at radius 2 is 1.52 bits per heavy atom. The molecular formula is C23H30N2O2. The van der Waals surface area contributed by atoms with Crippen molar-refractivity contribution in [2.75, 3.05) is 0 Å². The average molecular weight is 367 g/mol. The highest BCUT2D eigenvalue weighted by Gasteiger charge is 2.26. The molecule has 0 spiro atoms. The first-order valence-electron chi connectivity index (χ1n) is 9.59. The number of carbonyl (C=O) groups is 2. The van der Waals surface area contributed by atoms with Gasteiger partial charge in [-0.1, -0.05) is 62.4 Å². The molecule has 0 aliphatic carbocycles. The van der Waals surface area contributed by atoms with Crippen LogP contribution in [0.2, 0.25) is 0 Å². The van der Waals surface area contributed by atoms with Gasteiger partial charge in [0.05, 0.1) is 0 Å². The second-order valence-electron chi connectivity index (χ2n) is 7.44. The minimum Gasteiger partial charge on any atom is -0.352 e. The number of nitrogens with one attached hydrogen (secondary N) is 2. The van der Waals surface area contributed by atoms with E-state index in [2.05, 4.69) is 22.8 Å². The zero-order valence-electron chi connectivity index (χ0n) is 16.7. The van der Waals surface area contributed by atoms with Gasteiger partial charge in [-0.3, -0.25) is 9.59 Å². The van der Waals surface area contributed by atoms with Crippen LogP contribution in [0, 0.1) is 12.8 Å². The van der Waals surface area contributed by atoms with E-state index >= 15 is 0 Å². The highest BCUT2D eigenvalue weighted by molar-refractivity contribution is 5.98. The van der Waals surface area contributed by atoms with Crippen LogP contribution in [0.5, 0.6) is 0 Å². The van der Waals surface area contributed by atoms with Gasteiger partial charge in [-0.15, -0.1) is 0 Å². The number of amides is 2. The van der Waals surface area contributed by atoms with Gasteiger partial charge in [0, 0.05) is 11.6 Å². The summed E-state index contributed by atoms with van der Waals surface area (Å²) >= 11 is 0. The monoisotopic (exact) mass is 366 g/mol. The molecule has 2 rings (SSSR count). The van der Waals surface area contributed by atoms with E-state index in [4.69, 9.17) is 0 Å². The zero-order chi connectivity index (χ0) is 19.8. The predicted molar refractivity (Wildman–Crippen MR) is 110 cm³/mol. The minimum atomic E-state index is -0.559. The summed E-state index contributed by atoms with van der Waals surface area (Å²) in [6.45, 7) is 7.78. The fourth-order valence-corrected chi connectivity index (χ4v) is 3.01. The molecule has 1 unspecified atom stereocenters. The maximum absolute atomic E-state index is 12.7. The Balaban J connectivity index is 1.94. The van der Waals surface area contributed by atoms with E-state index in [1.54, 1.807) is 6.07 Å². The van der Waals surface area contributed by atoms with Gasteiger partial charge >= 0.3 is 0 Å². The van der Waals surface area contributed by atoms with Gasteiger partial charge in [0.25, 0.3) is 5.91 Å². The lowest BCUT2D eigenvalue weighted by Gasteiger charge is -2.24. The Labute approximate surface area is 162 Å². The quantitative estimate of drug-likeness (QED) is 0.745. The first kappa shape index (κ1) is 20.7. The van der Waals surface area contributed by atoms with Crippen LogP contribution in [0.3, 0.4) is 0 Å². The van der Waals surface area contributed by atoms with E-state index in [0.717, 1.165) is 18.4 Å². The topological polar surface area (TPSA) is 58.2 Å². The Morgan fingerprint density at radius 1 is 0.889 bits per heavy atom. The normalized spacial score (nSPS) is 13.1. The van der Waals surface area contributed by atoms with Crippen LogP contribution in [-0.4, -0.2) is 23.9 Å². The molecule has 0 aromatic heterocycles. The lowest BCUT2D eigenvalue weighted by molar-refractivity contribution is -0.124. The summed E-state index contributed by atoms with van der Waals surface area (Å²) in [7, 11) is 0. The fraction of sp³-hybridized carbons (Fsp3) is 0.391. The fourth-order valence-electron chi connectivity index (χ4n) is 3.01. The number of rotatable bonds is 8. The number of hydrogen-bond donors (Lipinski definition) is 2. The number of benzene rings is 2. The second-order valence-corrected chi connectivity index (χ2v) is 7.44. The van der Waals surface area contributed by atoms with Crippen LogP contribution in [0.1, 0.15) is 48.7 Å².